The Labute approximate surface area is 97.0 Å². The summed E-state index contributed by atoms with van der Waals surface area (Å²) in [6.07, 6.45) is 3.57. The first-order valence-electron chi connectivity index (χ1n) is 5.16. The van der Waals surface area contributed by atoms with E-state index in [0.29, 0.717) is 0 Å². The fourth-order valence-electron chi connectivity index (χ4n) is 1.62. The third kappa shape index (κ3) is 2.11. The Morgan fingerprint density at radius 2 is 2.13 bits per heavy atom. The number of hydrogen-bond donors (Lipinski definition) is 0. The molecule has 2 nitrogen and oxygen atoms in total. The summed E-state index contributed by atoms with van der Waals surface area (Å²) in [5.74, 6) is 0.771. The summed E-state index contributed by atoms with van der Waals surface area (Å²) >= 11 is 3.49. The standard InChI is InChI=1S/C11H12N2S2/c1-7-12-9(5-14-7)4-11-13-10(6-15-11)8-2-3-8/h5-6,8H,2-4H2,1H3. The molecule has 0 spiro atoms. The van der Waals surface area contributed by atoms with Gasteiger partial charge >= 0.3 is 0 Å². The second-order valence-electron chi connectivity index (χ2n) is 3.98. The van der Waals surface area contributed by atoms with Crippen molar-refractivity contribution in [2.45, 2.75) is 32.1 Å². The highest BCUT2D eigenvalue weighted by Crippen LogP contribution is 2.40. The van der Waals surface area contributed by atoms with Crippen molar-refractivity contribution in [1.82, 2.24) is 9.97 Å². The summed E-state index contributed by atoms with van der Waals surface area (Å²) < 4.78 is 0. The quantitative estimate of drug-likeness (QED) is 0.816. The van der Waals surface area contributed by atoms with Crippen LogP contribution >= 0.6 is 22.7 Å². The van der Waals surface area contributed by atoms with Crippen molar-refractivity contribution in [3.63, 3.8) is 0 Å². The lowest BCUT2D eigenvalue weighted by atomic mass is 10.3. The highest BCUT2D eigenvalue weighted by molar-refractivity contribution is 7.10. The van der Waals surface area contributed by atoms with Gasteiger partial charge in [-0.15, -0.1) is 22.7 Å². The van der Waals surface area contributed by atoms with Gasteiger partial charge in [-0.05, 0) is 19.8 Å². The molecule has 0 bridgehead atoms. The molecule has 2 aromatic rings. The zero-order valence-electron chi connectivity index (χ0n) is 8.56. The van der Waals surface area contributed by atoms with Gasteiger partial charge in [0.25, 0.3) is 0 Å². The number of hydrogen-bond acceptors (Lipinski definition) is 4. The molecule has 4 heteroatoms. The van der Waals surface area contributed by atoms with E-state index in [-0.39, 0.29) is 0 Å². The third-order valence-electron chi connectivity index (χ3n) is 2.56. The van der Waals surface area contributed by atoms with Crippen LogP contribution in [0.25, 0.3) is 0 Å². The van der Waals surface area contributed by atoms with E-state index in [4.69, 9.17) is 0 Å². The highest BCUT2D eigenvalue weighted by Gasteiger charge is 2.25. The van der Waals surface area contributed by atoms with Crippen LogP contribution in [0.3, 0.4) is 0 Å². The van der Waals surface area contributed by atoms with Crippen LogP contribution in [-0.4, -0.2) is 9.97 Å². The fourth-order valence-corrected chi connectivity index (χ4v) is 3.12. The molecule has 1 aliphatic carbocycles. The van der Waals surface area contributed by atoms with Gasteiger partial charge in [-0.2, -0.15) is 0 Å². The van der Waals surface area contributed by atoms with Gasteiger partial charge in [0.1, 0.15) is 0 Å². The van der Waals surface area contributed by atoms with Crippen LogP contribution in [0.15, 0.2) is 10.8 Å². The van der Waals surface area contributed by atoms with Crippen molar-refractivity contribution in [2.24, 2.45) is 0 Å². The average molecular weight is 236 g/mol. The van der Waals surface area contributed by atoms with E-state index in [0.717, 1.165) is 23.0 Å². The van der Waals surface area contributed by atoms with Crippen LogP contribution in [0.1, 0.15) is 40.2 Å². The molecule has 1 saturated carbocycles. The molecule has 0 atom stereocenters. The number of aryl methyl sites for hydroxylation is 1. The van der Waals surface area contributed by atoms with E-state index in [1.54, 1.807) is 22.7 Å². The lowest BCUT2D eigenvalue weighted by Gasteiger charge is -1.90. The predicted octanol–water partition coefficient (Wildman–Crippen LogP) is 3.38. The van der Waals surface area contributed by atoms with Crippen LogP contribution in [0.2, 0.25) is 0 Å². The van der Waals surface area contributed by atoms with E-state index in [1.165, 1.54) is 23.5 Å². The van der Waals surface area contributed by atoms with E-state index < -0.39 is 0 Å². The van der Waals surface area contributed by atoms with Crippen molar-refractivity contribution in [2.75, 3.05) is 0 Å². The van der Waals surface area contributed by atoms with Gasteiger partial charge in [-0.1, -0.05) is 0 Å². The number of thiazole rings is 2. The first-order chi connectivity index (χ1) is 7.31. The van der Waals surface area contributed by atoms with E-state index in [2.05, 4.69) is 20.7 Å². The van der Waals surface area contributed by atoms with Gasteiger partial charge < -0.3 is 0 Å². The summed E-state index contributed by atoms with van der Waals surface area (Å²) in [5.41, 5.74) is 2.47. The maximum atomic E-state index is 4.66. The summed E-state index contributed by atoms with van der Waals surface area (Å²) in [7, 11) is 0. The molecule has 1 aliphatic rings. The summed E-state index contributed by atoms with van der Waals surface area (Å²) in [4.78, 5) is 9.12. The molecule has 0 aliphatic heterocycles. The molecular formula is C11H12N2S2. The Morgan fingerprint density at radius 1 is 1.27 bits per heavy atom. The zero-order valence-corrected chi connectivity index (χ0v) is 10.2. The van der Waals surface area contributed by atoms with Crippen LogP contribution in [-0.2, 0) is 6.42 Å². The lowest BCUT2D eigenvalue weighted by Crippen LogP contribution is -1.88. The van der Waals surface area contributed by atoms with Crippen molar-refractivity contribution >= 4 is 22.7 Å². The van der Waals surface area contributed by atoms with Crippen molar-refractivity contribution in [3.05, 3.63) is 32.2 Å². The number of nitrogens with zero attached hydrogens (tertiary/aromatic N) is 2. The van der Waals surface area contributed by atoms with Crippen LogP contribution in [0, 0.1) is 6.92 Å². The molecule has 2 heterocycles. The van der Waals surface area contributed by atoms with Gasteiger partial charge in [-0.3, -0.25) is 0 Å². The average Bonchev–Trinajstić information content (AvgIpc) is 2.84. The Hall–Kier alpha value is -0.740. The van der Waals surface area contributed by atoms with Crippen LogP contribution in [0.5, 0.6) is 0 Å². The fraction of sp³-hybridized carbons (Fsp3) is 0.455. The molecule has 2 aromatic heterocycles. The van der Waals surface area contributed by atoms with E-state index in [1.807, 2.05) is 6.92 Å². The van der Waals surface area contributed by atoms with Crippen LogP contribution in [0.4, 0.5) is 0 Å². The Bertz CT molecular complexity index is 468. The molecule has 15 heavy (non-hydrogen) atoms. The van der Waals surface area contributed by atoms with Crippen LogP contribution < -0.4 is 0 Å². The van der Waals surface area contributed by atoms with Gasteiger partial charge in [0.15, 0.2) is 0 Å². The number of rotatable bonds is 3. The molecule has 78 valence electrons. The molecule has 0 amide bonds. The summed E-state index contributed by atoms with van der Waals surface area (Å²) in [6.45, 7) is 2.05. The summed E-state index contributed by atoms with van der Waals surface area (Å²) in [6, 6.07) is 0. The number of aromatic nitrogens is 2. The monoisotopic (exact) mass is 236 g/mol. The molecular weight excluding hydrogens is 224 g/mol. The Balaban J connectivity index is 1.75. The SMILES string of the molecule is Cc1nc(Cc2nc(C3CC3)cs2)cs1. The Kier molecular flexibility index (Phi) is 2.33. The third-order valence-corrected chi connectivity index (χ3v) is 4.25. The minimum absolute atomic E-state index is 0.771. The molecule has 0 unspecified atom stereocenters. The molecule has 1 fully saturated rings. The van der Waals surface area contributed by atoms with Gasteiger partial charge in [-0.25, -0.2) is 9.97 Å². The smallest absolute Gasteiger partial charge is 0.0988 e. The molecule has 3 rings (SSSR count). The maximum Gasteiger partial charge on any atom is 0.0988 e. The topological polar surface area (TPSA) is 25.8 Å². The van der Waals surface area contributed by atoms with Gasteiger partial charge in [0.05, 0.1) is 21.4 Å². The van der Waals surface area contributed by atoms with Crippen molar-refractivity contribution in [1.29, 1.82) is 0 Å². The second-order valence-corrected chi connectivity index (χ2v) is 5.98. The minimum atomic E-state index is 0.771. The second kappa shape index (κ2) is 3.68. The van der Waals surface area contributed by atoms with E-state index in [9.17, 15) is 0 Å². The molecule has 0 saturated heterocycles. The minimum Gasteiger partial charge on any atom is -0.246 e. The van der Waals surface area contributed by atoms with Crippen molar-refractivity contribution in [3.8, 4) is 0 Å². The first kappa shape index (κ1) is 9.48. The van der Waals surface area contributed by atoms with Gasteiger partial charge in [0.2, 0.25) is 0 Å². The zero-order chi connectivity index (χ0) is 10.3. The lowest BCUT2D eigenvalue weighted by molar-refractivity contribution is 0.990. The molecule has 0 aromatic carbocycles. The maximum absolute atomic E-state index is 4.66. The first-order valence-corrected chi connectivity index (χ1v) is 6.92. The normalized spacial score (nSPS) is 15.8. The largest absolute Gasteiger partial charge is 0.246 e. The Morgan fingerprint density at radius 3 is 2.80 bits per heavy atom. The molecule has 0 N–H and O–H groups in total. The highest BCUT2D eigenvalue weighted by atomic mass is 32.1. The summed E-state index contributed by atoms with van der Waals surface area (Å²) in [5, 5.41) is 6.70. The van der Waals surface area contributed by atoms with E-state index >= 15 is 0 Å². The van der Waals surface area contributed by atoms with Gasteiger partial charge in [0, 0.05) is 23.1 Å². The van der Waals surface area contributed by atoms with Crippen molar-refractivity contribution < 1.29 is 0 Å². The predicted molar refractivity (Wildman–Crippen MR) is 63.7 cm³/mol. The molecule has 0 radical (unpaired) electrons.